The fourth-order valence-corrected chi connectivity index (χ4v) is 2.29. The Labute approximate surface area is 111 Å². The number of rotatable bonds is 3. The summed E-state index contributed by atoms with van der Waals surface area (Å²) in [4.78, 5) is 13.5. The molecule has 1 aromatic rings. The van der Waals surface area contributed by atoms with Crippen LogP contribution in [0.1, 0.15) is 10.4 Å². The van der Waals surface area contributed by atoms with Crippen LogP contribution in [-0.2, 0) is 0 Å². The Morgan fingerprint density at radius 2 is 2.00 bits per heavy atom. The van der Waals surface area contributed by atoms with Crippen LogP contribution >= 0.6 is 31.9 Å². The Bertz CT molecular complexity index is 442. The number of nitrogens with zero attached hydrogens (tertiary/aromatic N) is 1. The molecule has 16 heavy (non-hydrogen) atoms. The van der Waals surface area contributed by atoms with E-state index in [4.69, 9.17) is 0 Å². The molecule has 5 heteroatoms. The highest BCUT2D eigenvalue weighted by atomic mass is 79.9. The van der Waals surface area contributed by atoms with Crippen LogP contribution < -0.4 is 0 Å². The van der Waals surface area contributed by atoms with E-state index in [9.17, 15) is 9.90 Å². The first-order chi connectivity index (χ1) is 7.41. The molecule has 0 atom stereocenters. The predicted octanol–water partition coefficient (Wildman–Crippen LogP) is 3.18. The Morgan fingerprint density at radius 1 is 1.38 bits per heavy atom. The first-order valence-corrected chi connectivity index (χ1v) is 6.07. The summed E-state index contributed by atoms with van der Waals surface area (Å²) in [6, 6.07) is 3.27. The second-order valence-electron chi connectivity index (χ2n) is 3.43. The number of phenolic OH excluding ortho intramolecular Hbond substituents is 1. The molecule has 0 bridgehead atoms. The number of carbonyl (C=O) groups excluding carboxylic acids is 1. The first kappa shape index (κ1) is 13.3. The van der Waals surface area contributed by atoms with Crippen molar-refractivity contribution in [1.82, 2.24) is 4.90 Å². The smallest absolute Gasteiger partial charge is 0.191 e. The zero-order chi connectivity index (χ0) is 12.3. The molecular formula is C11H11Br2NO2. The van der Waals surface area contributed by atoms with Crippen LogP contribution in [0.25, 0.3) is 0 Å². The van der Waals surface area contributed by atoms with Crippen LogP contribution in [0.3, 0.4) is 0 Å². The number of allylic oxidation sites excluding steroid dienone is 1. The molecule has 0 saturated heterocycles. The predicted molar refractivity (Wildman–Crippen MR) is 70.7 cm³/mol. The number of phenols is 1. The SMILES string of the molecule is CN(C)C=CC(=O)c1cc(Br)cc(Br)c1O. The van der Waals surface area contributed by atoms with Gasteiger partial charge in [0.25, 0.3) is 0 Å². The summed E-state index contributed by atoms with van der Waals surface area (Å²) in [5.74, 6) is -0.287. The van der Waals surface area contributed by atoms with Gasteiger partial charge in [-0.3, -0.25) is 4.79 Å². The molecule has 1 rings (SSSR count). The summed E-state index contributed by atoms with van der Waals surface area (Å²) in [6.07, 6.45) is 3.05. The van der Waals surface area contributed by atoms with Crippen LogP contribution in [0, 0.1) is 0 Å². The maximum Gasteiger partial charge on any atom is 0.191 e. The third-order valence-corrected chi connectivity index (χ3v) is 2.88. The average Bonchev–Trinajstić information content (AvgIpc) is 2.19. The second-order valence-corrected chi connectivity index (χ2v) is 5.20. The number of aromatic hydroxyl groups is 1. The lowest BCUT2D eigenvalue weighted by Crippen LogP contribution is -2.03. The molecular weight excluding hydrogens is 338 g/mol. The number of carbonyl (C=O) groups is 1. The van der Waals surface area contributed by atoms with Gasteiger partial charge in [-0.25, -0.2) is 0 Å². The Morgan fingerprint density at radius 3 is 2.56 bits per heavy atom. The van der Waals surface area contributed by atoms with E-state index in [2.05, 4.69) is 31.9 Å². The molecule has 0 fully saturated rings. The highest BCUT2D eigenvalue weighted by Gasteiger charge is 2.12. The molecule has 0 aromatic heterocycles. The van der Waals surface area contributed by atoms with Crippen molar-refractivity contribution in [3.8, 4) is 5.75 Å². The summed E-state index contributed by atoms with van der Waals surface area (Å²) >= 11 is 6.45. The number of benzene rings is 1. The molecule has 1 aromatic carbocycles. The fraction of sp³-hybridized carbons (Fsp3) is 0.182. The third kappa shape index (κ3) is 3.35. The molecule has 0 amide bonds. The van der Waals surface area contributed by atoms with E-state index in [1.165, 1.54) is 6.08 Å². The zero-order valence-electron chi connectivity index (χ0n) is 8.87. The number of hydrogen-bond acceptors (Lipinski definition) is 3. The lowest BCUT2D eigenvalue weighted by atomic mass is 10.1. The fourth-order valence-electron chi connectivity index (χ4n) is 1.06. The van der Waals surface area contributed by atoms with E-state index in [0.29, 0.717) is 4.47 Å². The number of hydrogen-bond donors (Lipinski definition) is 1. The highest BCUT2D eigenvalue weighted by molar-refractivity contribution is 9.11. The number of ketones is 1. The number of halogens is 2. The van der Waals surface area contributed by atoms with Crippen molar-refractivity contribution >= 4 is 37.6 Å². The molecule has 0 spiro atoms. The first-order valence-electron chi connectivity index (χ1n) is 4.49. The van der Waals surface area contributed by atoms with Crippen molar-refractivity contribution in [2.24, 2.45) is 0 Å². The summed E-state index contributed by atoms with van der Waals surface area (Å²) in [5.41, 5.74) is 0.263. The van der Waals surface area contributed by atoms with E-state index in [0.717, 1.165) is 4.47 Å². The molecule has 86 valence electrons. The molecule has 1 N–H and O–H groups in total. The molecule has 0 aliphatic rings. The van der Waals surface area contributed by atoms with Gasteiger partial charge in [-0.2, -0.15) is 0 Å². The van der Waals surface area contributed by atoms with E-state index < -0.39 is 0 Å². The van der Waals surface area contributed by atoms with Crippen molar-refractivity contribution in [3.63, 3.8) is 0 Å². The normalized spacial score (nSPS) is 10.8. The van der Waals surface area contributed by atoms with Gasteiger partial charge in [-0.15, -0.1) is 0 Å². The molecule has 0 radical (unpaired) electrons. The summed E-state index contributed by atoms with van der Waals surface area (Å²) in [5, 5.41) is 9.72. The summed E-state index contributed by atoms with van der Waals surface area (Å²) < 4.78 is 1.22. The maximum atomic E-state index is 11.8. The quantitative estimate of drug-likeness (QED) is 0.673. The van der Waals surface area contributed by atoms with E-state index in [1.807, 2.05) is 14.1 Å². The average molecular weight is 349 g/mol. The van der Waals surface area contributed by atoms with Crippen LogP contribution in [-0.4, -0.2) is 29.9 Å². The van der Waals surface area contributed by atoms with Crippen molar-refractivity contribution in [3.05, 3.63) is 38.9 Å². The van der Waals surface area contributed by atoms with Gasteiger partial charge in [0.05, 0.1) is 10.0 Å². The minimum atomic E-state index is -0.242. The van der Waals surface area contributed by atoms with E-state index in [1.54, 1.807) is 23.2 Å². The lowest BCUT2D eigenvalue weighted by molar-refractivity contribution is 0.104. The van der Waals surface area contributed by atoms with Gasteiger partial charge < -0.3 is 10.0 Å². The van der Waals surface area contributed by atoms with Gasteiger partial charge in [0, 0.05) is 30.8 Å². The van der Waals surface area contributed by atoms with E-state index >= 15 is 0 Å². The molecule has 3 nitrogen and oxygen atoms in total. The minimum absolute atomic E-state index is 0.0448. The summed E-state index contributed by atoms with van der Waals surface area (Å²) in [7, 11) is 3.64. The van der Waals surface area contributed by atoms with Crippen molar-refractivity contribution < 1.29 is 9.90 Å². The highest BCUT2D eigenvalue weighted by Crippen LogP contribution is 2.32. The topological polar surface area (TPSA) is 40.5 Å². The largest absolute Gasteiger partial charge is 0.506 e. The maximum absolute atomic E-state index is 11.8. The van der Waals surface area contributed by atoms with Crippen molar-refractivity contribution in [2.45, 2.75) is 0 Å². The Kier molecular flexibility index (Phi) is 4.56. The molecule has 0 saturated carbocycles. The zero-order valence-corrected chi connectivity index (χ0v) is 12.0. The van der Waals surface area contributed by atoms with Gasteiger partial charge in [0.15, 0.2) is 5.78 Å². The van der Waals surface area contributed by atoms with Crippen molar-refractivity contribution in [2.75, 3.05) is 14.1 Å². The Balaban J connectivity index is 3.09. The third-order valence-electron chi connectivity index (χ3n) is 1.82. The van der Waals surface area contributed by atoms with Gasteiger partial charge in [0.2, 0.25) is 0 Å². The molecule has 0 unspecified atom stereocenters. The van der Waals surface area contributed by atoms with Crippen LogP contribution in [0.4, 0.5) is 0 Å². The van der Waals surface area contributed by atoms with Crippen LogP contribution in [0.2, 0.25) is 0 Å². The van der Waals surface area contributed by atoms with Gasteiger partial charge in [0.1, 0.15) is 5.75 Å². The lowest BCUT2D eigenvalue weighted by Gasteiger charge is -2.06. The van der Waals surface area contributed by atoms with E-state index in [-0.39, 0.29) is 17.1 Å². The van der Waals surface area contributed by atoms with Gasteiger partial charge in [-0.05, 0) is 28.1 Å². The summed E-state index contributed by atoms with van der Waals surface area (Å²) in [6.45, 7) is 0. The monoisotopic (exact) mass is 347 g/mol. The molecule has 0 aliphatic heterocycles. The molecule has 0 heterocycles. The minimum Gasteiger partial charge on any atom is -0.506 e. The van der Waals surface area contributed by atoms with Gasteiger partial charge in [-0.1, -0.05) is 15.9 Å². The van der Waals surface area contributed by atoms with Gasteiger partial charge >= 0.3 is 0 Å². The van der Waals surface area contributed by atoms with Crippen LogP contribution in [0.15, 0.2) is 33.4 Å². The van der Waals surface area contributed by atoms with Crippen molar-refractivity contribution in [1.29, 1.82) is 0 Å². The Hall–Kier alpha value is -0.810. The second kappa shape index (κ2) is 5.50. The molecule has 0 aliphatic carbocycles. The standard InChI is InChI=1S/C11H11Br2NO2/c1-14(2)4-3-10(15)8-5-7(12)6-9(13)11(8)16/h3-6,16H,1-2H3. The van der Waals surface area contributed by atoms with Crippen LogP contribution in [0.5, 0.6) is 5.75 Å².